The highest BCUT2D eigenvalue weighted by Crippen LogP contribution is 2.25. The predicted octanol–water partition coefficient (Wildman–Crippen LogP) is 0.967. The zero-order valence-electron chi connectivity index (χ0n) is 9.38. The third-order valence-corrected chi connectivity index (χ3v) is 5.00. The maximum atomic E-state index is 12.2. The van der Waals surface area contributed by atoms with Crippen LogP contribution in [0.4, 0.5) is 0 Å². The maximum absolute atomic E-state index is 12.2. The summed E-state index contributed by atoms with van der Waals surface area (Å²) in [6.07, 6.45) is -0.183. The Balaban J connectivity index is 2.37. The van der Waals surface area contributed by atoms with Gasteiger partial charge in [0.1, 0.15) is 6.07 Å². The second kappa shape index (κ2) is 4.86. The van der Waals surface area contributed by atoms with Gasteiger partial charge in [-0.1, -0.05) is 11.6 Å². The fourth-order valence-electron chi connectivity index (χ4n) is 1.82. The van der Waals surface area contributed by atoms with Crippen molar-refractivity contribution in [3.05, 3.63) is 28.8 Å². The van der Waals surface area contributed by atoms with Crippen molar-refractivity contribution in [1.82, 2.24) is 4.31 Å². The zero-order valence-corrected chi connectivity index (χ0v) is 10.9. The SMILES string of the molecule is N#Cc1ccc(S(=O)(=O)N2CC[C@H](O)C2)cc1Cl. The molecule has 1 aliphatic heterocycles. The minimum absolute atomic E-state index is 0.0422. The minimum atomic E-state index is -3.64. The van der Waals surface area contributed by atoms with Gasteiger partial charge in [-0.05, 0) is 24.6 Å². The number of hydrogen-bond acceptors (Lipinski definition) is 4. The van der Waals surface area contributed by atoms with E-state index in [4.69, 9.17) is 16.9 Å². The van der Waals surface area contributed by atoms with Crippen LogP contribution in [0.1, 0.15) is 12.0 Å². The van der Waals surface area contributed by atoms with Crippen molar-refractivity contribution < 1.29 is 13.5 Å². The van der Waals surface area contributed by atoms with E-state index in [0.29, 0.717) is 13.0 Å². The molecule has 0 unspecified atom stereocenters. The predicted molar refractivity (Wildman–Crippen MR) is 65.5 cm³/mol. The monoisotopic (exact) mass is 286 g/mol. The summed E-state index contributed by atoms with van der Waals surface area (Å²) in [4.78, 5) is 0.0422. The Morgan fingerprint density at radius 3 is 2.72 bits per heavy atom. The van der Waals surface area contributed by atoms with Crippen LogP contribution in [-0.4, -0.2) is 37.0 Å². The Morgan fingerprint density at radius 2 is 2.22 bits per heavy atom. The lowest BCUT2D eigenvalue weighted by atomic mass is 10.2. The summed E-state index contributed by atoms with van der Waals surface area (Å²) in [7, 11) is -3.64. The summed E-state index contributed by atoms with van der Waals surface area (Å²) in [5.41, 5.74) is 0.233. The number of sulfonamides is 1. The second-order valence-electron chi connectivity index (χ2n) is 4.06. The van der Waals surface area contributed by atoms with Gasteiger partial charge in [0.2, 0.25) is 10.0 Å². The van der Waals surface area contributed by atoms with Crippen molar-refractivity contribution in [2.75, 3.05) is 13.1 Å². The summed E-state index contributed by atoms with van der Waals surface area (Å²) in [6, 6.07) is 5.86. The van der Waals surface area contributed by atoms with Crippen LogP contribution in [0.3, 0.4) is 0 Å². The van der Waals surface area contributed by atoms with Gasteiger partial charge in [-0.15, -0.1) is 0 Å². The van der Waals surface area contributed by atoms with Gasteiger partial charge in [-0.25, -0.2) is 8.42 Å². The van der Waals surface area contributed by atoms with Crippen LogP contribution < -0.4 is 0 Å². The number of aliphatic hydroxyl groups is 1. The molecule has 7 heteroatoms. The summed E-state index contributed by atoms with van der Waals surface area (Å²) in [6.45, 7) is 0.390. The van der Waals surface area contributed by atoms with Crippen LogP contribution in [0.25, 0.3) is 0 Å². The standard InChI is InChI=1S/C11H11ClN2O3S/c12-11-5-10(2-1-8(11)6-13)18(16,17)14-4-3-9(15)7-14/h1-2,5,9,15H,3-4,7H2/t9-/m0/s1. The largest absolute Gasteiger partial charge is 0.392 e. The van der Waals surface area contributed by atoms with Crippen LogP contribution in [0.5, 0.6) is 0 Å². The van der Waals surface area contributed by atoms with Crippen LogP contribution in [0.15, 0.2) is 23.1 Å². The number of hydrogen-bond donors (Lipinski definition) is 1. The first kappa shape index (κ1) is 13.3. The molecule has 0 bridgehead atoms. The normalized spacial score (nSPS) is 20.8. The average molecular weight is 287 g/mol. The fourth-order valence-corrected chi connectivity index (χ4v) is 3.63. The molecule has 18 heavy (non-hydrogen) atoms. The lowest BCUT2D eigenvalue weighted by Crippen LogP contribution is -2.29. The Labute approximate surface area is 110 Å². The van der Waals surface area contributed by atoms with Crippen molar-refractivity contribution in [2.45, 2.75) is 17.4 Å². The molecule has 1 aliphatic rings. The highest BCUT2D eigenvalue weighted by Gasteiger charge is 2.31. The summed E-state index contributed by atoms with van der Waals surface area (Å²) >= 11 is 5.82. The van der Waals surface area contributed by atoms with Crippen LogP contribution >= 0.6 is 11.6 Å². The van der Waals surface area contributed by atoms with E-state index in [1.807, 2.05) is 6.07 Å². The van der Waals surface area contributed by atoms with Gasteiger partial charge < -0.3 is 5.11 Å². The quantitative estimate of drug-likeness (QED) is 0.878. The molecule has 1 aromatic rings. The molecule has 0 radical (unpaired) electrons. The molecule has 1 fully saturated rings. The van der Waals surface area contributed by atoms with Gasteiger partial charge in [0, 0.05) is 13.1 Å². The molecule has 1 saturated heterocycles. The first-order valence-corrected chi connectivity index (χ1v) is 7.15. The van der Waals surface area contributed by atoms with E-state index in [-0.39, 0.29) is 22.0 Å². The van der Waals surface area contributed by atoms with Gasteiger partial charge >= 0.3 is 0 Å². The highest BCUT2D eigenvalue weighted by molar-refractivity contribution is 7.89. The fraction of sp³-hybridized carbons (Fsp3) is 0.364. The van der Waals surface area contributed by atoms with Crippen LogP contribution in [-0.2, 0) is 10.0 Å². The van der Waals surface area contributed by atoms with Gasteiger partial charge in [0.25, 0.3) is 0 Å². The van der Waals surface area contributed by atoms with Crippen LogP contribution in [0.2, 0.25) is 5.02 Å². The second-order valence-corrected chi connectivity index (χ2v) is 6.40. The van der Waals surface area contributed by atoms with Gasteiger partial charge in [0.15, 0.2) is 0 Å². The van der Waals surface area contributed by atoms with Crippen molar-refractivity contribution >= 4 is 21.6 Å². The van der Waals surface area contributed by atoms with E-state index >= 15 is 0 Å². The van der Waals surface area contributed by atoms with E-state index in [2.05, 4.69) is 0 Å². The van der Waals surface area contributed by atoms with E-state index in [0.717, 1.165) is 0 Å². The van der Waals surface area contributed by atoms with E-state index in [1.54, 1.807) is 0 Å². The number of benzene rings is 1. The van der Waals surface area contributed by atoms with Gasteiger partial charge in [0.05, 0.1) is 21.6 Å². The zero-order chi connectivity index (χ0) is 13.3. The molecule has 0 spiro atoms. The topological polar surface area (TPSA) is 81.4 Å². The first-order valence-electron chi connectivity index (χ1n) is 5.33. The van der Waals surface area contributed by atoms with E-state index < -0.39 is 16.1 Å². The number of aliphatic hydroxyl groups excluding tert-OH is 1. The molecule has 0 amide bonds. The average Bonchev–Trinajstić information content (AvgIpc) is 2.76. The third-order valence-electron chi connectivity index (χ3n) is 2.82. The lowest BCUT2D eigenvalue weighted by Gasteiger charge is -2.15. The number of β-amino-alcohol motifs (C(OH)–C–C–N with tert-alkyl or cyclic N) is 1. The van der Waals surface area contributed by atoms with Crippen LogP contribution in [0, 0.1) is 11.3 Å². The number of halogens is 1. The minimum Gasteiger partial charge on any atom is -0.392 e. The summed E-state index contributed by atoms with van der Waals surface area (Å²) < 4.78 is 25.6. The summed E-state index contributed by atoms with van der Waals surface area (Å²) in [5.74, 6) is 0. The number of rotatable bonds is 2. The molecule has 1 heterocycles. The Hall–Kier alpha value is -1.13. The molecule has 1 aromatic carbocycles. The van der Waals surface area contributed by atoms with Gasteiger partial charge in [-0.3, -0.25) is 0 Å². The van der Waals surface area contributed by atoms with Crippen molar-refractivity contribution in [3.63, 3.8) is 0 Å². The molecule has 96 valence electrons. The van der Waals surface area contributed by atoms with E-state index in [1.165, 1.54) is 22.5 Å². The number of nitrogens with zero attached hydrogens (tertiary/aromatic N) is 2. The van der Waals surface area contributed by atoms with E-state index in [9.17, 15) is 13.5 Å². The Bertz CT molecular complexity index is 609. The molecule has 2 rings (SSSR count). The van der Waals surface area contributed by atoms with Gasteiger partial charge in [-0.2, -0.15) is 9.57 Å². The van der Waals surface area contributed by atoms with Crippen molar-refractivity contribution in [1.29, 1.82) is 5.26 Å². The van der Waals surface area contributed by atoms with Crippen molar-refractivity contribution in [2.24, 2.45) is 0 Å². The molecule has 1 atom stereocenters. The Morgan fingerprint density at radius 1 is 1.50 bits per heavy atom. The summed E-state index contributed by atoms with van der Waals surface area (Å²) in [5, 5.41) is 18.2. The molecule has 1 N–H and O–H groups in total. The lowest BCUT2D eigenvalue weighted by molar-refractivity contribution is 0.189. The molecule has 0 aromatic heterocycles. The molecular formula is C11H11ClN2O3S. The molecule has 0 saturated carbocycles. The molecular weight excluding hydrogens is 276 g/mol. The highest BCUT2D eigenvalue weighted by atomic mass is 35.5. The number of nitriles is 1. The first-order chi connectivity index (χ1) is 8.45. The molecule has 5 nitrogen and oxygen atoms in total. The smallest absolute Gasteiger partial charge is 0.243 e. The molecule has 0 aliphatic carbocycles. The third kappa shape index (κ3) is 2.35. The Kier molecular flexibility index (Phi) is 3.59. The maximum Gasteiger partial charge on any atom is 0.243 e. The van der Waals surface area contributed by atoms with Crippen molar-refractivity contribution in [3.8, 4) is 6.07 Å².